The highest BCUT2D eigenvalue weighted by Crippen LogP contribution is 2.27. The summed E-state index contributed by atoms with van der Waals surface area (Å²) in [6, 6.07) is 2.45. The molecule has 0 spiro atoms. The molecule has 2 aromatic rings. The van der Waals surface area contributed by atoms with Crippen molar-refractivity contribution in [2.24, 2.45) is 0 Å². The number of nitrogens with zero attached hydrogens (tertiary/aromatic N) is 3. The molecule has 7 heteroatoms. The van der Waals surface area contributed by atoms with Gasteiger partial charge in [0.15, 0.2) is 0 Å². The first kappa shape index (κ1) is 15.9. The van der Waals surface area contributed by atoms with Gasteiger partial charge in [-0.05, 0) is 25.7 Å². The topological polar surface area (TPSA) is 69.0 Å². The maximum absolute atomic E-state index is 12.4. The zero-order valence-electron chi connectivity index (χ0n) is 13.6. The third-order valence-electron chi connectivity index (χ3n) is 4.93. The van der Waals surface area contributed by atoms with E-state index < -0.39 is 0 Å². The Morgan fingerprint density at radius 3 is 3.00 bits per heavy atom. The summed E-state index contributed by atoms with van der Waals surface area (Å²) in [6.07, 6.45) is 6.79. The van der Waals surface area contributed by atoms with Crippen molar-refractivity contribution in [1.82, 2.24) is 20.1 Å². The molecule has 1 N–H and O–H groups in total. The molecule has 24 heavy (non-hydrogen) atoms. The number of thiazole rings is 1. The lowest BCUT2D eigenvalue weighted by Gasteiger charge is -2.30. The Labute approximate surface area is 144 Å². The summed E-state index contributed by atoms with van der Waals surface area (Å²) in [4.78, 5) is 16.7. The van der Waals surface area contributed by atoms with Crippen LogP contribution in [0.4, 0.5) is 0 Å². The minimum absolute atomic E-state index is 0.0124. The Balaban J connectivity index is 1.38. The molecule has 4 rings (SSSR count). The van der Waals surface area contributed by atoms with E-state index in [1.807, 2.05) is 11.6 Å². The van der Waals surface area contributed by atoms with E-state index in [4.69, 9.17) is 4.74 Å². The van der Waals surface area contributed by atoms with Gasteiger partial charge in [0, 0.05) is 42.2 Å². The van der Waals surface area contributed by atoms with E-state index in [0.717, 1.165) is 54.9 Å². The molecule has 0 aromatic carbocycles. The van der Waals surface area contributed by atoms with Crippen LogP contribution < -0.4 is 10.9 Å². The molecule has 2 aromatic heterocycles. The van der Waals surface area contributed by atoms with Crippen LogP contribution in [0.3, 0.4) is 0 Å². The highest BCUT2D eigenvalue weighted by molar-refractivity contribution is 7.09. The largest absolute Gasteiger partial charge is 0.376 e. The van der Waals surface area contributed by atoms with Gasteiger partial charge in [-0.2, -0.15) is 5.10 Å². The predicted octanol–water partition coefficient (Wildman–Crippen LogP) is 2.05. The number of rotatable bonds is 4. The van der Waals surface area contributed by atoms with Crippen LogP contribution in [0.5, 0.6) is 0 Å². The monoisotopic (exact) mass is 346 g/mol. The molecule has 1 aliphatic carbocycles. The van der Waals surface area contributed by atoms with E-state index in [0.29, 0.717) is 19.3 Å². The lowest BCUT2D eigenvalue weighted by atomic mass is 9.91. The molecule has 0 radical (unpaired) electrons. The zero-order chi connectivity index (χ0) is 16.4. The zero-order valence-corrected chi connectivity index (χ0v) is 14.4. The van der Waals surface area contributed by atoms with Gasteiger partial charge in [0.25, 0.3) is 5.56 Å². The first-order chi connectivity index (χ1) is 11.8. The maximum Gasteiger partial charge on any atom is 0.267 e. The van der Waals surface area contributed by atoms with Crippen LogP contribution >= 0.6 is 11.3 Å². The first-order valence-corrected chi connectivity index (χ1v) is 9.48. The van der Waals surface area contributed by atoms with Gasteiger partial charge in [0.1, 0.15) is 5.01 Å². The summed E-state index contributed by atoms with van der Waals surface area (Å²) in [7, 11) is 0. The van der Waals surface area contributed by atoms with E-state index in [2.05, 4.69) is 15.4 Å². The fraction of sp³-hybridized carbons (Fsp3) is 0.588. The third kappa shape index (κ3) is 3.43. The summed E-state index contributed by atoms with van der Waals surface area (Å²) in [5.74, 6) is 0. The molecule has 3 heterocycles. The van der Waals surface area contributed by atoms with Gasteiger partial charge in [-0.25, -0.2) is 9.67 Å². The number of fused-ring (bicyclic) bond motifs is 1. The fourth-order valence-corrected chi connectivity index (χ4v) is 4.15. The van der Waals surface area contributed by atoms with E-state index in [9.17, 15) is 4.79 Å². The van der Waals surface area contributed by atoms with Crippen LogP contribution in [0.15, 0.2) is 22.4 Å². The van der Waals surface area contributed by atoms with Crippen molar-refractivity contribution in [3.05, 3.63) is 44.3 Å². The number of hydrogen-bond donors (Lipinski definition) is 1. The van der Waals surface area contributed by atoms with E-state index in [-0.39, 0.29) is 11.6 Å². The minimum Gasteiger partial charge on any atom is -0.376 e. The quantitative estimate of drug-likeness (QED) is 0.917. The Morgan fingerprint density at radius 2 is 2.21 bits per heavy atom. The van der Waals surface area contributed by atoms with Crippen molar-refractivity contribution in [3.8, 4) is 0 Å². The van der Waals surface area contributed by atoms with Gasteiger partial charge >= 0.3 is 0 Å². The molecule has 2 aliphatic rings. The molecule has 0 bridgehead atoms. The lowest BCUT2D eigenvalue weighted by molar-refractivity contribution is 0.107. The average molecular weight is 346 g/mol. The highest BCUT2D eigenvalue weighted by Gasteiger charge is 2.25. The fourth-order valence-electron chi connectivity index (χ4n) is 3.59. The standard InChI is InChI=1S/C17H22N4O2S/c22-17-9-12-11-23-7-5-15(12)20-21(17)14-3-1-13(2-4-14)19-10-16-18-6-8-24-16/h6,8-9,13-14,19H,1-5,7,10-11H2. The van der Waals surface area contributed by atoms with Crippen molar-refractivity contribution < 1.29 is 4.74 Å². The van der Waals surface area contributed by atoms with Crippen LogP contribution in [0.2, 0.25) is 0 Å². The second-order valence-corrected chi connectivity index (χ2v) is 7.49. The van der Waals surface area contributed by atoms with Crippen molar-refractivity contribution in [3.63, 3.8) is 0 Å². The molecular weight excluding hydrogens is 324 g/mol. The molecule has 6 nitrogen and oxygen atoms in total. The second-order valence-electron chi connectivity index (χ2n) is 6.51. The van der Waals surface area contributed by atoms with Gasteiger partial charge < -0.3 is 10.1 Å². The highest BCUT2D eigenvalue weighted by atomic mass is 32.1. The summed E-state index contributed by atoms with van der Waals surface area (Å²) in [5.41, 5.74) is 2.00. The number of nitrogens with one attached hydrogen (secondary N) is 1. The molecule has 0 atom stereocenters. The normalized spacial score (nSPS) is 23.8. The van der Waals surface area contributed by atoms with Crippen LogP contribution in [-0.4, -0.2) is 27.4 Å². The van der Waals surface area contributed by atoms with Crippen LogP contribution in [-0.2, 0) is 24.3 Å². The molecular formula is C17H22N4O2S. The number of ether oxygens (including phenoxy) is 1. The average Bonchev–Trinajstić information content (AvgIpc) is 3.13. The van der Waals surface area contributed by atoms with E-state index >= 15 is 0 Å². The van der Waals surface area contributed by atoms with Crippen LogP contribution in [0.25, 0.3) is 0 Å². The van der Waals surface area contributed by atoms with Gasteiger partial charge in [-0.15, -0.1) is 11.3 Å². The molecule has 0 amide bonds. The Morgan fingerprint density at radius 1 is 1.33 bits per heavy atom. The van der Waals surface area contributed by atoms with Crippen LogP contribution in [0.1, 0.15) is 48.0 Å². The Kier molecular flexibility index (Phi) is 4.73. The molecule has 0 saturated heterocycles. The van der Waals surface area contributed by atoms with Crippen LogP contribution in [0, 0.1) is 0 Å². The van der Waals surface area contributed by atoms with Gasteiger partial charge in [-0.1, -0.05) is 0 Å². The van der Waals surface area contributed by atoms with Crippen molar-refractivity contribution in [1.29, 1.82) is 0 Å². The Hall–Kier alpha value is -1.57. The number of aromatic nitrogens is 3. The minimum atomic E-state index is 0.0124. The summed E-state index contributed by atoms with van der Waals surface area (Å²) < 4.78 is 7.13. The second kappa shape index (κ2) is 7.13. The molecule has 1 fully saturated rings. The van der Waals surface area contributed by atoms with E-state index in [1.165, 1.54) is 0 Å². The molecule has 1 saturated carbocycles. The summed E-state index contributed by atoms with van der Waals surface area (Å²) in [6.45, 7) is 2.06. The van der Waals surface area contributed by atoms with Gasteiger partial charge in [-0.3, -0.25) is 4.79 Å². The maximum atomic E-state index is 12.4. The summed E-state index contributed by atoms with van der Waals surface area (Å²) >= 11 is 1.68. The van der Waals surface area contributed by atoms with Gasteiger partial charge in [0.05, 0.1) is 24.9 Å². The smallest absolute Gasteiger partial charge is 0.267 e. The van der Waals surface area contributed by atoms with Crippen molar-refractivity contribution in [2.75, 3.05) is 6.61 Å². The third-order valence-corrected chi connectivity index (χ3v) is 5.71. The SMILES string of the molecule is O=c1cc2c(nn1C1CCC(NCc3nccs3)CC1)CCOC2. The lowest BCUT2D eigenvalue weighted by Crippen LogP contribution is -2.37. The molecule has 0 unspecified atom stereocenters. The molecule has 128 valence electrons. The predicted molar refractivity (Wildman–Crippen MR) is 92.1 cm³/mol. The van der Waals surface area contributed by atoms with Crippen molar-refractivity contribution in [2.45, 2.75) is 57.3 Å². The van der Waals surface area contributed by atoms with Gasteiger partial charge in [0.2, 0.25) is 0 Å². The molecule has 1 aliphatic heterocycles. The summed E-state index contributed by atoms with van der Waals surface area (Å²) in [5, 5.41) is 11.4. The van der Waals surface area contributed by atoms with Crippen molar-refractivity contribution >= 4 is 11.3 Å². The Bertz CT molecular complexity index is 736. The van der Waals surface area contributed by atoms with E-state index in [1.54, 1.807) is 22.1 Å². The first-order valence-electron chi connectivity index (χ1n) is 8.61. The number of hydrogen-bond acceptors (Lipinski definition) is 6.